The first-order chi connectivity index (χ1) is 7.86. The molecule has 0 aliphatic carbocycles. The van der Waals surface area contributed by atoms with E-state index in [1.54, 1.807) is 7.11 Å². The molecule has 1 unspecified atom stereocenters. The van der Waals surface area contributed by atoms with E-state index in [-0.39, 0.29) is 0 Å². The van der Waals surface area contributed by atoms with Crippen molar-refractivity contribution in [3.8, 4) is 5.75 Å². The summed E-state index contributed by atoms with van der Waals surface area (Å²) in [5.74, 6) is 0.997. The smallest absolute Gasteiger partial charge is 0.123 e. The summed E-state index contributed by atoms with van der Waals surface area (Å²) in [5.41, 5.74) is 6.95. The Hall–Kier alpha value is -1.06. The first kappa shape index (κ1) is 11.4. The Morgan fingerprint density at radius 3 is 3.00 bits per heavy atom. The quantitative estimate of drug-likeness (QED) is 0.840. The summed E-state index contributed by atoms with van der Waals surface area (Å²) in [7, 11) is 1.74. The molecule has 88 valence electrons. The summed E-state index contributed by atoms with van der Waals surface area (Å²) in [6, 6.07) is 8.79. The average Bonchev–Trinajstić information content (AvgIpc) is 2.77. The van der Waals surface area contributed by atoms with E-state index in [2.05, 4.69) is 17.0 Å². The number of likely N-dealkylation sites (tertiary alicyclic amines) is 1. The van der Waals surface area contributed by atoms with E-state index in [1.807, 2.05) is 12.1 Å². The standard InChI is InChI=1S/C13H20N2O/c1-16-13-7-3-2-5-11(13)12-6-4-9-15(12)10-8-14/h2-3,5,7,12H,4,6,8-10,14H2,1H3. The Kier molecular flexibility index (Phi) is 3.80. The van der Waals surface area contributed by atoms with Crippen molar-refractivity contribution in [2.45, 2.75) is 18.9 Å². The second-order valence-corrected chi connectivity index (χ2v) is 4.22. The topological polar surface area (TPSA) is 38.5 Å². The first-order valence-electron chi connectivity index (χ1n) is 5.94. The molecule has 1 aliphatic heterocycles. The van der Waals surface area contributed by atoms with Crippen LogP contribution in [0.3, 0.4) is 0 Å². The van der Waals surface area contributed by atoms with Gasteiger partial charge in [0.1, 0.15) is 5.75 Å². The largest absolute Gasteiger partial charge is 0.496 e. The molecule has 1 saturated heterocycles. The Morgan fingerprint density at radius 2 is 2.25 bits per heavy atom. The molecule has 0 spiro atoms. The molecule has 0 amide bonds. The highest BCUT2D eigenvalue weighted by molar-refractivity contribution is 5.36. The van der Waals surface area contributed by atoms with Crippen LogP contribution in [0.2, 0.25) is 0 Å². The van der Waals surface area contributed by atoms with Crippen LogP contribution in [0, 0.1) is 0 Å². The van der Waals surface area contributed by atoms with Crippen LogP contribution in [0.4, 0.5) is 0 Å². The van der Waals surface area contributed by atoms with E-state index in [4.69, 9.17) is 10.5 Å². The van der Waals surface area contributed by atoms with Crippen molar-refractivity contribution in [2.24, 2.45) is 5.73 Å². The molecule has 2 N–H and O–H groups in total. The zero-order chi connectivity index (χ0) is 11.4. The number of rotatable bonds is 4. The lowest BCUT2D eigenvalue weighted by atomic mass is 10.0. The van der Waals surface area contributed by atoms with Gasteiger partial charge in [-0.1, -0.05) is 18.2 Å². The monoisotopic (exact) mass is 220 g/mol. The highest BCUT2D eigenvalue weighted by Crippen LogP contribution is 2.36. The third-order valence-corrected chi connectivity index (χ3v) is 3.28. The highest BCUT2D eigenvalue weighted by Gasteiger charge is 2.27. The molecule has 3 heteroatoms. The summed E-state index contributed by atoms with van der Waals surface area (Å²) in [4.78, 5) is 2.46. The molecule has 16 heavy (non-hydrogen) atoms. The number of hydrogen-bond donors (Lipinski definition) is 1. The summed E-state index contributed by atoms with van der Waals surface area (Å²) in [6.45, 7) is 2.86. The van der Waals surface area contributed by atoms with E-state index in [0.717, 1.165) is 25.4 Å². The number of benzene rings is 1. The Morgan fingerprint density at radius 1 is 1.44 bits per heavy atom. The molecular weight excluding hydrogens is 200 g/mol. The maximum absolute atomic E-state index is 5.65. The number of nitrogens with zero attached hydrogens (tertiary/aromatic N) is 1. The van der Waals surface area contributed by atoms with Crippen molar-refractivity contribution in [2.75, 3.05) is 26.7 Å². The first-order valence-corrected chi connectivity index (χ1v) is 5.94. The van der Waals surface area contributed by atoms with Gasteiger partial charge in [-0.15, -0.1) is 0 Å². The number of hydrogen-bond acceptors (Lipinski definition) is 3. The van der Waals surface area contributed by atoms with Crippen molar-refractivity contribution in [1.29, 1.82) is 0 Å². The molecule has 0 aromatic heterocycles. The maximum Gasteiger partial charge on any atom is 0.123 e. The van der Waals surface area contributed by atoms with Gasteiger partial charge in [0.2, 0.25) is 0 Å². The number of ether oxygens (including phenoxy) is 1. The molecule has 1 aromatic carbocycles. The fourth-order valence-corrected chi connectivity index (χ4v) is 2.55. The molecule has 0 radical (unpaired) electrons. The lowest BCUT2D eigenvalue weighted by Crippen LogP contribution is -2.29. The van der Waals surface area contributed by atoms with Gasteiger partial charge in [-0.25, -0.2) is 0 Å². The summed E-state index contributed by atoms with van der Waals surface area (Å²) < 4.78 is 5.43. The summed E-state index contributed by atoms with van der Waals surface area (Å²) in [5, 5.41) is 0. The Labute approximate surface area is 97.2 Å². The van der Waals surface area contributed by atoms with Crippen molar-refractivity contribution in [3.63, 3.8) is 0 Å². The third kappa shape index (κ3) is 2.20. The fourth-order valence-electron chi connectivity index (χ4n) is 2.55. The second kappa shape index (κ2) is 5.32. The zero-order valence-electron chi connectivity index (χ0n) is 9.86. The zero-order valence-corrected chi connectivity index (χ0v) is 9.86. The summed E-state index contributed by atoms with van der Waals surface area (Å²) in [6.07, 6.45) is 2.46. The van der Waals surface area contributed by atoms with Gasteiger partial charge >= 0.3 is 0 Å². The van der Waals surface area contributed by atoms with Crippen molar-refractivity contribution in [1.82, 2.24) is 4.90 Å². The maximum atomic E-state index is 5.65. The highest BCUT2D eigenvalue weighted by atomic mass is 16.5. The van der Waals surface area contributed by atoms with Crippen LogP contribution in [-0.2, 0) is 0 Å². The Balaban J connectivity index is 2.21. The van der Waals surface area contributed by atoms with Gasteiger partial charge in [0.25, 0.3) is 0 Å². The number of methoxy groups -OCH3 is 1. The molecular formula is C13H20N2O. The van der Waals surface area contributed by atoms with E-state index < -0.39 is 0 Å². The minimum atomic E-state index is 0.486. The molecule has 2 rings (SSSR count). The van der Waals surface area contributed by atoms with Gasteiger partial charge in [-0.05, 0) is 25.5 Å². The molecule has 1 heterocycles. The van der Waals surface area contributed by atoms with E-state index in [0.29, 0.717) is 6.04 Å². The van der Waals surface area contributed by atoms with E-state index >= 15 is 0 Å². The SMILES string of the molecule is COc1ccccc1C1CCCN1CCN. The molecule has 3 nitrogen and oxygen atoms in total. The van der Waals surface area contributed by atoms with E-state index in [1.165, 1.54) is 18.4 Å². The van der Waals surface area contributed by atoms with Crippen molar-refractivity contribution < 1.29 is 4.74 Å². The molecule has 0 saturated carbocycles. The van der Waals surface area contributed by atoms with Crippen LogP contribution in [0.25, 0.3) is 0 Å². The third-order valence-electron chi connectivity index (χ3n) is 3.28. The van der Waals surface area contributed by atoms with Crippen LogP contribution in [0.5, 0.6) is 5.75 Å². The van der Waals surface area contributed by atoms with Gasteiger partial charge in [-0.3, -0.25) is 4.90 Å². The lowest BCUT2D eigenvalue weighted by Gasteiger charge is -2.25. The van der Waals surface area contributed by atoms with Gasteiger partial charge < -0.3 is 10.5 Å². The molecule has 1 atom stereocenters. The van der Waals surface area contributed by atoms with Crippen LogP contribution in [-0.4, -0.2) is 31.6 Å². The minimum absolute atomic E-state index is 0.486. The van der Waals surface area contributed by atoms with Crippen LogP contribution < -0.4 is 10.5 Å². The average molecular weight is 220 g/mol. The van der Waals surface area contributed by atoms with Crippen molar-refractivity contribution in [3.05, 3.63) is 29.8 Å². The predicted octanol–water partition coefficient (Wildman–Crippen LogP) is 1.79. The number of para-hydroxylation sites is 1. The normalized spacial score (nSPS) is 21.2. The van der Waals surface area contributed by atoms with Gasteiger partial charge in [0.15, 0.2) is 0 Å². The Bertz CT molecular complexity index is 340. The van der Waals surface area contributed by atoms with Crippen LogP contribution in [0.15, 0.2) is 24.3 Å². The predicted molar refractivity (Wildman–Crippen MR) is 65.6 cm³/mol. The molecule has 1 aromatic rings. The van der Waals surface area contributed by atoms with Crippen LogP contribution in [0.1, 0.15) is 24.4 Å². The van der Waals surface area contributed by atoms with Crippen LogP contribution >= 0.6 is 0 Å². The molecule has 1 aliphatic rings. The van der Waals surface area contributed by atoms with Crippen molar-refractivity contribution >= 4 is 0 Å². The van der Waals surface area contributed by atoms with Gasteiger partial charge in [0, 0.05) is 24.7 Å². The fraction of sp³-hybridized carbons (Fsp3) is 0.538. The van der Waals surface area contributed by atoms with Gasteiger partial charge in [-0.2, -0.15) is 0 Å². The summed E-state index contributed by atoms with van der Waals surface area (Å²) >= 11 is 0. The lowest BCUT2D eigenvalue weighted by molar-refractivity contribution is 0.258. The second-order valence-electron chi connectivity index (χ2n) is 4.22. The molecule has 1 fully saturated rings. The van der Waals surface area contributed by atoms with Gasteiger partial charge in [0.05, 0.1) is 7.11 Å². The molecule has 0 bridgehead atoms. The number of nitrogens with two attached hydrogens (primary N) is 1. The minimum Gasteiger partial charge on any atom is -0.496 e. The van der Waals surface area contributed by atoms with E-state index in [9.17, 15) is 0 Å².